The smallest absolute Gasteiger partial charge is 0.358 e. The fourth-order valence-electron chi connectivity index (χ4n) is 1.07. The molecule has 0 heterocycles. The molecule has 0 bridgehead atoms. The van der Waals surface area contributed by atoms with Crippen molar-refractivity contribution in [2.45, 2.75) is 0 Å². The summed E-state index contributed by atoms with van der Waals surface area (Å²) in [5, 5.41) is 2.66. The van der Waals surface area contributed by atoms with Crippen LogP contribution in [0.25, 0.3) is 10.8 Å². The van der Waals surface area contributed by atoms with Crippen molar-refractivity contribution in [3.05, 3.63) is 57.3 Å². The first-order valence-corrected chi connectivity index (χ1v) is 3.07. The summed E-state index contributed by atoms with van der Waals surface area (Å²) in [5.41, 5.74) is 0. The van der Waals surface area contributed by atoms with Crippen molar-refractivity contribution in [3.63, 3.8) is 0 Å². The van der Waals surface area contributed by atoms with Gasteiger partial charge in [-0.2, -0.15) is 27.4 Å². The van der Waals surface area contributed by atoms with E-state index in [1.807, 2.05) is 0 Å². The Morgan fingerprint density at radius 2 is 1.31 bits per heavy atom. The molecular weight excluding hydrogens is 361 g/mol. The summed E-state index contributed by atoms with van der Waals surface area (Å²) in [6, 6.07) is 14.7. The molecule has 93 valence electrons. The standard InChI is InChI=1S/C9H7.2CH3.3ClH.H3P.Zr/c1-2-5-9-7-3-6-8(9)4-1;;;;;;;/h1-7H;2*1H3;3*1H;1H3;/q3*-1;;;;;+3. The molecule has 1 atom stereocenters. The number of fused-ring (bicyclic) bond motifs is 1. The van der Waals surface area contributed by atoms with Crippen LogP contribution in [0, 0.1) is 14.9 Å². The quantitative estimate of drug-likeness (QED) is 0.456. The maximum atomic E-state index is 2.12. The van der Waals surface area contributed by atoms with Crippen LogP contribution in [0.4, 0.5) is 0 Å². The predicted molar refractivity (Wildman–Crippen MR) is 85.2 cm³/mol. The summed E-state index contributed by atoms with van der Waals surface area (Å²) >= 11 is 0. The van der Waals surface area contributed by atoms with E-state index in [1.165, 1.54) is 10.8 Å². The van der Waals surface area contributed by atoms with Crippen LogP contribution in [-0.4, -0.2) is 0 Å². The van der Waals surface area contributed by atoms with Crippen LogP contribution in [0.3, 0.4) is 0 Å². The molecule has 0 aliphatic heterocycles. The van der Waals surface area contributed by atoms with Gasteiger partial charge in [0.25, 0.3) is 0 Å². The molecule has 0 aromatic heterocycles. The van der Waals surface area contributed by atoms with Gasteiger partial charge in [-0.3, -0.25) is 0 Å². The summed E-state index contributed by atoms with van der Waals surface area (Å²) in [7, 11) is 0. The monoisotopic (exact) mass is 377 g/mol. The zero-order valence-corrected chi connectivity index (χ0v) is 15.8. The van der Waals surface area contributed by atoms with Gasteiger partial charge >= 0.3 is 26.2 Å². The summed E-state index contributed by atoms with van der Waals surface area (Å²) < 4.78 is 0. The van der Waals surface area contributed by atoms with E-state index in [1.54, 1.807) is 0 Å². The molecule has 2 aromatic carbocycles. The van der Waals surface area contributed by atoms with E-state index in [9.17, 15) is 0 Å². The van der Waals surface area contributed by atoms with Gasteiger partial charge in [-0.05, 0) is 0 Å². The van der Waals surface area contributed by atoms with Crippen LogP contribution < -0.4 is 0 Å². The largest absolute Gasteiger partial charge is 3.00 e. The molecule has 0 N–H and O–H groups in total. The van der Waals surface area contributed by atoms with E-state index in [-0.39, 0.29) is 88.2 Å². The number of hydrogen-bond donors (Lipinski definition) is 0. The van der Waals surface area contributed by atoms with Gasteiger partial charge < -0.3 is 14.9 Å². The van der Waals surface area contributed by atoms with Crippen molar-refractivity contribution < 1.29 is 26.2 Å². The molecule has 2 aromatic rings. The summed E-state index contributed by atoms with van der Waals surface area (Å²) in [5.74, 6) is 0. The molecule has 1 unspecified atom stereocenters. The fourth-order valence-corrected chi connectivity index (χ4v) is 1.07. The molecule has 0 saturated carbocycles. The molecule has 0 nitrogen and oxygen atoms in total. The van der Waals surface area contributed by atoms with E-state index in [0.29, 0.717) is 0 Å². The Morgan fingerprint density at radius 1 is 0.812 bits per heavy atom. The minimum absolute atomic E-state index is 0. The second-order valence-corrected chi connectivity index (χ2v) is 2.15. The predicted octanol–water partition coefficient (Wildman–Crippen LogP) is 4.78. The summed E-state index contributed by atoms with van der Waals surface area (Å²) in [6.07, 6.45) is 0. The molecule has 2 rings (SSSR count). The Labute approximate surface area is 140 Å². The van der Waals surface area contributed by atoms with Crippen molar-refractivity contribution in [1.29, 1.82) is 0 Å². The Kier molecular flexibility index (Phi) is 41.3. The number of halogens is 3. The Morgan fingerprint density at radius 3 is 1.81 bits per heavy atom. The maximum absolute atomic E-state index is 2.12. The van der Waals surface area contributed by atoms with Crippen LogP contribution in [0.5, 0.6) is 0 Å². The second kappa shape index (κ2) is 18.4. The topological polar surface area (TPSA) is 0 Å². The summed E-state index contributed by atoms with van der Waals surface area (Å²) in [6.45, 7) is 0. The van der Waals surface area contributed by atoms with Crippen molar-refractivity contribution in [2.24, 2.45) is 0 Å². The molecular formula is C11H19Cl3PZr. The van der Waals surface area contributed by atoms with Crippen LogP contribution in [0.15, 0.2) is 42.5 Å². The van der Waals surface area contributed by atoms with E-state index < -0.39 is 0 Å². The summed E-state index contributed by atoms with van der Waals surface area (Å²) in [4.78, 5) is 0. The van der Waals surface area contributed by atoms with Gasteiger partial charge in [-0.25, -0.2) is 0 Å². The number of hydrogen-bond acceptors (Lipinski definition) is 0. The van der Waals surface area contributed by atoms with Gasteiger partial charge in [-0.1, -0.05) is 6.07 Å². The Hall–Kier alpha value is 1.01. The molecule has 0 aliphatic rings. The second-order valence-electron chi connectivity index (χ2n) is 2.15. The van der Waals surface area contributed by atoms with Gasteiger partial charge in [0, 0.05) is 0 Å². The molecule has 16 heavy (non-hydrogen) atoms. The number of rotatable bonds is 0. The third-order valence-electron chi connectivity index (χ3n) is 1.55. The van der Waals surface area contributed by atoms with Gasteiger partial charge in [0.2, 0.25) is 0 Å². The van der Waals surface area contributed by atoms with Gasteiger partial charge in [0.15, 0.2) is 0 Å². The zero-order valence-electron chi connectivity index (χ0n) is 9.47. The molecule has 0 spiro atoms. The average Bonchev–Trinajstić information content (AvgIpc) is 2.33. The minimum atomic E-state index is 0. The maximum Gasteiger partial charge on any atom is 3.00 e. The average molecular weight is 380 g/mol. The zero-order chi connectivity index (χ0) is 6.10. The first kappa shape index (κ1) is 36.0. The Balaban J connectivity index is -0.0000000357. The van der Waals surface area contributed by atoms with E-state index >= 15 is 0 Å². The van der Waals surface area contributed by atoms with E-state index in [4.69, 9.17) is 0 Å². The van der Waals surface area contributed by atoms with Crippen molar-refractivity contribution in [3.8, 4) is 0 Å². The molecule has 5 heteroatoms. The third kappa shape index (κ3) is 9.09. The fraction of sp³-hybridized carbons (Fsp3) is 0. The molecule has 1 radical (unpaired) electrons. The van der Waals surface area contributed by atoms with Gasteiger partial charge in [0.05, 0.1) is 0 Å². The molecule has 0 saturated heterocycles. The molecule has 0 fully saturated rings. The normalized spacial score (nSPS) is 5.75. The molecule has 0 aliphatic carbocycles. The molecule has 0 amide bonds. The first-order valence-electron chi connectivity index (χ1n) is 3.07. The van der Waals surface area contributed by atoms with Gasteiger partial charge in [-0.15, -0.1) is 66.9 Å². The van der Waals surface area contributed by atoms with Gasteiger partial charge in [0.1, 0.15) is 0 Å². The minimum Gasteiger partial charge on any atom is -0.358 e. The Bertz CT molecular complexity index is 295. The van der Waals surface area contributed by atoms with Crippen LogP contribution in [0.2, 0.25) is 0 Å². The van der Waals surface area contributed by atoms with E-state index in [0.717, 1.165) is 0 Å². The SMILES string of the molecule is Cl.Cl.Cl.P.[CH3-].[CH3-].[Zr+3].c1ccc2[cH-]ccc2c1. The van der Waals surface area contributed by atoms with E-state index in [2.05, 4.69) is 42.5 Å². The van der Waals surface area contributed by atoms with Crippen LogP contribution in [-0.2, 0) is 26.2 Å². The first-order chi connectivity index (χ1) is 4.47. The van der Waals surface area contributed by atoms with Crippen LogP contribution >= 0.6 is 47.1 Å². The van der Waals surface area contributed by atoms with Crippen LogP contribution in [0.1, 0.15) is 0 Å². The third-order valence-corrected chi connectivity index (χ3v) is 1.55. The van der Waals surface area contributed by atoms with Crippen molar-refractivity contribution >= 4 is 57.9 Å². The van der Waals surface area contributed by atoms with Crippen molar-refractivity contribution in [1.82, 2.24) is 0 Å². The van der Waals surface area contributed by atoms with Crippen molar-refractivity contribution in [2.75, 3.05) is 0 Å². The number of benzene rings is 1.